The summed E-state index contributed by atoms with van der Waals surface area (Å²) in [6.07, 6.45) is 0. The fourth-order valence-corrected chi connectivity index (χ4v) is 3.50. The number of benzene rings is 1. The molecule has 0 aliphatic carbocycles. The number of carbonyl (C=O) groups excluding carboxylic acids is 1. The van der Waals surface area contributed by atoms with Crippen molar-refractivity contribution in [3.8, 4) is 0 Å². The number of carbonyl (C=O) groups is 1. The van der Waals surface area contributed by atoms with Crippen molar-refractivity contribution in [1.82, 2.24) is 4.90 Å². The first-order chi connectivity index (χ1) is 14.2. The van der Waals surface area contributed by atoms with Crippen molar-refractivity contribution in [2.75, 3.05) is 28.2 Å². The molecule has 0 heterocycles. The highest BCUT2D eigenvalue weighted by molar-refractivity contribution is 6.68. The second-order valence-electron chi connectivity index (χ2n) is 11.8. The van der Waals surface area contributed by atoms with Crippen LogP contribution in [0.25, 0.3) is 0 Å². The van der Waals surface area contributed by atoms with Gasteiger partial charge in [0, 0.05) is 14.1 Å². The van der Waals surface area contributed by atoms with E-state index in [1.54, 1.807) is 37.7 Å². The topological polar surface area (TPSA) is 32.5 Å². The van der Waals surface area contributed by atoms with E-state index in [2.05, 4.69) is 74.4 Å². The smallest absolute Gasteiger partial charge is 0.344 e. The molecule has 0 saturated carbocycles. The Morgan fingerprint density at radius 2 is 1.25 bits per heavy atom. The van der Waals surface area contributed by atoms with Crippen molar-refractivity contribution < 1.29 is 14.1 Å². The lowest BCUT2D eigenvalue weighted by molar-refractivity contribution is -0.462. The first-order valence-electron chi connectivity index (χ1n) is 10.9. The van der Waals surface area contributed by atoms with Gasteiger partial charge in [-0.1, -0.05) is 86.0 Å². The van der Waals surface area contributed by atoms with E-state index in [0.717, 1.165) is 11.1 Å². The molecule has 180 valence electrons. The van der Waals surface area contributed by atoms with Gasteiger partial charge < -0.3 is 9.64 Å². The summed E-state index contributed by atoms with van der Waals surface area (Å²) in [6.45, 7) is 19.2. The van der Waals surface area contributed by atoms with E-state index in [0.29, 0.717) is 5.56 Å². The zero-order valence-corrected chi connectivity index (χ0v) is 23.6. The number of rotatable bonds is 4. The molecule has 0 aliphatic rings. The molecule has 0 bridgehead atoms. The minimum atomic E-state index is -0.463. The van der Waals surface area contributed by atoms with Gasteiger partial charge in [0.05, 0.1) is 5.56 Å². The minimum absolute atomic E-state index is 0.0657. The second kappa shape index (κ2) is 9.77. The van der Waals surface area contributed by atoms with Crippen LogP contribution >= 0.6 is 23.2 Å². The normalized spacial score (nSPS) is 13.5. The Morgan fingerprint density at radius 3 is 1.53 bits per heavy atom. The Hall–Kier alpha value is -1.52. The highest BCUT2D eigenvalue weighted by atomic mass is 35.5. The lowest BCUT2D eigenvalue weighted by Crippen LogP contribution is -2.28. The molecule has 0 saturated heterocycles. The maximum absolute atomic E-state index is 13.8. The van der Waals surface area contributed by atoms with E-state index in [1.165, 1.54) is 5.56 Å². The number of ether oxygens (including phenoxy) is 1. The zero-order valence-electron chi connectivity index (χ0n) is 22.1. The largest absolute Gasteiger partial charge is 0.411 e. The van der Waals surface area contributed by atoms with Crippen molar-refractivity contribution in [2.45, 2.75) is 78.6 Å². The van der Waals surface area contributed by atoms with Gasteiger partial charge in [-0.15, -0.1) is 0 Å². The molecule has 0 spiro atoms. The van der Waals surface area contributed by atoms with Crippen molar-refractivity contribution in [3.05, 3.63) is 45.3 Å². The van der Waals surface area contributed by atoms with Crippen LogP contribution in [0.3, 0.4) is 0 Å². The van der Waals surface area contributed by atoms with Crippen LogP contribution in [0.4, 0.5) is 0 Å². The van der Waals surface area contributed by atoms with Crippen LogP contribution in [-0.4, -0.2) is 48.8 Å². The first kappa shape index (κ1) is 28.5. The molecule has 1 aromatic rings. The Bertz CT molecular complexity index is 899. The summed E-state index contributed by atoms with van der Waals surface area (Å²) in [5.41, 5.74) is 3.02. The van der Waals surface area contributed by atoms with E-state index < -0.39 is 5.97 Å². The van der Waals surface area contributed by atoms with Crippen molar-refractivity contribution >= 4 is 34.3 Å². The van der Waals surface area contributed by atoms with Gasteiger partial charge in [-0.25, -0.2) is 9.37 Å². The summed E-state index contributed by atoms with van der Waals surface area (Å²) >= 11 is 13.0. The van der Waals surface area contributed by atoms with E-state index in [1.807, 2.05) is 0 Å². The summed E-state index contributed by atoms with van der Waals surface area (Å²) in [7, 11) is 7.09. The molecular formula is C26H41Cl2N2O2+. The number of hydrogen-bond acceptors (Lipinski definition) is 3. The standard InChI is InChI=1S/C26H41Cl2N2O2/c1-24(2,3)16-14-17(25(4,5)6)19(18(15-16)26(7,8)9)23(31)32-20(21(27)29(10)11)22(28)30(12)13/h14-15H,1-13H3/q+1. The second-order valence-corrected chi connectivity index (χ2v) is 12.5. The van der Waals surface area contributed by atoms with E-state index in [4.69, 9.17) is 27.9 Å². The number of hydrogen-bond donors (Lipinski definition) is 0. The summed E-state index contributed by atoms with van der Waals surface area (Å²) < 4.78 is 7.60. The van der Waals surface area contributed by atoms with Gasteiger partial charge in [0.1, 0.15) is 14.1 Å². The zero-order chi connectivity index (χ0) is 25.4. The van der Waals surface area contributed by atoms with Gasteiger partial charge in [-0.05, 0) is 44.5 Å². The molecule has 1 rings (SSSR count). The number of esters is 1. The molecule has 0 amide bonds. The van der Waals surface area contributed by atoms with Crippen LogP contribution in [0, 0.1) is 0 Å². The lowest BCUT2D eigenvalue weighted by atomic mass is 9.72. The van der Waals surface area contributed by atoms with Gasteiger partial charge >= 0.3 is 11.1 Å². The molecule has 0 radical (unpaired) electrons. The maximum atomic E-state index is 13.8. The Labute approximate surface area is 205 Å². The summed E-state index contributed by atoms with van der Waals surface area (Å²) in [5.74, 6) is -0.330. The monoisotopic (exact) mass is 483 g/mol. The molecule has 0 aliphatic heterocycles. The molecule has 1 aromatic carbocycles. The molecule has 4 nitrogen and oxygen atoms in total. The van der Waals surface area contributed by atoms with Crippen molar-refractivity contribution in [1.29, 1.82) is 0 Å². The SMILES string of the molecule is CN(C)/C(Cl)=C(/OC(=O)c1c(C(C)(C)C)cc(C(C)(C)C)cc1C(C)(C)C)C(Cl)=[N+](C)C. The van der Waals surface area contributed by atoms with Crippen molar-refractivity contribution in [2.24, 2.45) is 0 Å². The minimum Gasteiger partial charge on any atom is -0.411 e. The summed E-state index contributed by atoms with van der Waals surface area (Å²) in [5, 5.41) is 0.496. The van der Waals surface area contributed by atoms with E-state index in [9.17, 15) is 4.79 Å². The molecule has 0 aromatic heterocycles. The third-order valence-corrected chi connectivity index (χ3v) is 6.20. The van der Waals surface area contributed by atoms with Crippen LogP contribution in [0.5, 0.6) is 0 Å². The number of nitrogens with zero attached hydrogens (tertiary/aromatic N) is 2. The van der Waals surface area contributed by atoms with Crippen LogP contribution in [0.15, 0.2) is 23.0 Å². The Morgan fingerprint density at radius 1 is 0.844 bits per heavy atom. The third-order valence-electron chi connectivity index (χ3n) is 5.18. The Kier molecular flexibility index (Phi) is 8.70. The predicted molar refractivity (Wildman–Crippen MR) is 137 cm³/mol. The highest BCUT2D eigenvalue weighted by Gasteiger charge is 2.34. The summed E-state index contributed by atoms with van der Waals surface area (Å²) in [4.78, 5) is 15.4. The van der Waals surface area contributed by atoms with Crippen LogP contribution in [0.1, 0.15) is 89.4 Å². The van der Waals surface area contributed by atoms with Crippen LogP contribution in [-0.2, 0) is 21.0 Å². The van der Waals surface area contributed by atoms with Gasteiger partial charge in [0.2, 0.25) is 5.76 Å². The number of halogens is 2. The molecule has 0 atom stereocenters. The van der Waals surface area contributed by atoms with E-state index >= 15 is 0 Å². The van der Waals surface area contributed by atoms with Gasteiger partial charge in [-0.3, -0.25) is 0 Å². The fourth-order valence-electron chi connectivity index (χ4n) is 3.20. The third kappa shape index (κ3) is 6.74. The first-order valence-corrected chi connectivity index (χ1v) is 11.6. The average Bonchev–Trinajstić information content (AvgIpc) is 2.61. The van der Waals surface area contributed by atoms with E-state index in [-0.39, 0.29) is 32.3 Å². The van der Waals surface area contributed by atoms with Gasteiger partial charge in [0.15, 0.2) is 5.16 Å². The molecule has 32 heavy (non-hydrogen) atoms. The van der Waals surface area contributed by atoms with Crippen LogP contribution < -0.4 is 0 Å². The predicted octanol–water partition coefficient (Wildman–Crippen LogP) is 6.61. The van der Waals surface area contributed by atoms with Gasteiger partial charge in [-0.2, -0.15) is 0 Å². The van der Waals surface area contributed by atoms with Gasteiger partial charge in [0.25, 0.3) is 0 Å². The summed E-state index contributed by atoms with van der Waals surface area (Å²) in [6, 6.07) is 4.28. The maximum Gasteiger partial charge on any atom is 0.344 e. The molecule has 6 heteroatoms. The highest BCUT2D eigenvalue weighted by Crippen LogP contribution is 2.39. The van der Waals surface area contributed by atoms with Crippen molar-refractivity contribution in [3.63, 3.8) is 0 Å². The fraction of sp³-hybridized carbons (Fsp3) is 0.615. The number of allylic oxidation sites excluding steroid dienone is 1. The molecular weight excluding hydrogens is 443 g/mol. The Balaban J connectivity index is 3.96. The average molecular weight is 485 g/mol. The molecule has 0 N–H and O–H groups in total. The quantitative estimate of drug-likeness (QED) is 0.158. The molecule has 0 fully saturated rings. The lowest BCUT2D eigenvalue weighted by Gasteiger charge is -2.32. The molecule has 0 unspecified atom stereocenters. The van der Waals surface area contributed by atoms with Crippen LogP contribution in [0.2, 0.25) is 0 Å².